The summed E-state index contributed by atoms with van der Waals surface area (Å²) in [4.78, 5) is 66.9. The standard InChI is InChI=1S/C52H70N4O17/c1-22(2)21-56-18-16-52(17-19-56)54-34-31-32-39(60)36(35(34)55-52)53-48(65)24(4)14-12-13-23(3)37(58)26(6)38(59)27(7)43(70-29(9)57)25(5)30(68-11)15-20-69-51(10)47(64)33(31)45(73-51)28(8)44(32)71-50-42(63)40(61)41(62)46(72-50)49(66)67/h12-15,20,22-23,25-27,30,37-38,40-43,46,50,58-63H,16-19,21H2,1-11H3,(H,53,65)(H,66,67)/b13-12+,20-15+,24-14-/t23-,25+,26+,27+,30-,37-,38+,40?,41?,42?,43+,46?,50?,51-/m0/s1. The first-order chi connectivity index (χ1) is 34.3. The monoisotopic (exact) mass is 1020 g/mol. The van der Waals surface area contributed by atoms with Crippen molar-refractivity contribution in [2.75, 3.05) is 32.1 Å². The number of carboxylic acids is 1. The number of phenols is 1. The number of carboxylic acid groups (broad SMARTS) is 1. The van der Waals surface area contributed by atoms with Crippen molar-refractivity contribution in [3.05, 3.63) is 58.0 Å². The number of esters is 1. The van der Waals surface area contributed by atoms with Crippen LogP contribution in [0.1, 0.15) is 91.1 Å². The Balaban J connectivity index is 1.48. The summed E-state index contributed by atoms with van der Waals surface area (Å²) in [5.74, 6) is -9.42. The van der Waals surface area contributed by atoms with Crippen LogP contribution in [0.5, 0.6) is 17.2 Å². The number of ketones is 1. The highest BCUT2D eigenvalue weighted by Gasteiger charge is 2.52. The number of methoxy groups -OCH3 is 1. The van der Waals surface area contributed by atoms with Crippen LogP contribution < -0.4 is 25.5 Å². The third-order valence-corrected chi connectivity index (χ3v) is 14.9. The highest BCUT2D eigenvalue weighted by atomic mass is 16.7. The van der Waals surface area contributed by atoms with Gasteiger partial charge in [-0.3, -0.25) is 24.4 Å². The van der Waals surface area contributed by atoms with Crippen molar-refractivity contribution in [2.45, 2.75) is 149 Å². The van der Waals surface area contributed by atoms with Crippen LogP contribution in [0.4, 0.5) is 5.69 Å². The van der Waals surface area contributed by atoms with E-state index in [0.29, 0.717) is 31.8 Å². The van der Waals surface area contributed by atoms with Crippen LogP contribution in [0.3, 0.4) is 0 Å². The van der Waals surface area contributed by atoms with Gasteiger partial charge in [0.05, 0.1) is 40.9 Å². The number of aliphatic carboxylic acids is 1. The average molecular weight is 1020 g/mol. The van der Waals surface area contributed by atoms with Crippen molar-refractivity contribution in [3.8, 4) is 17.2 Å². The molecule has 1 spiro atoms. The normalized spacial score (nSPS) is 35.5. The highest BCUT2D eigenvalue weighted by Crippen LogP contribution is 2.51. The fourth-order valence-corrected chi connectivity index (χ4v) is 10.6. The molecule has 2 aromatic rings. The predicted octanol–water partition coefficient (Wildman–Crippen LogP) is 2.31. The molecular weight excluding hydrogens is 953 g/mol. The minimum atomic E-state index is -2.17. The van der Waals surface area contributed by atoms with Crippen LogP contribution in [-0.4, -0.2) is 158 Å². The number of piperidine rings is 1. The van der Waals surface area contributed by atoms with E-state index in [0.717, 1.165) is 6.54 Å². The van der Waals surface area contributed by atoms with E-state index < -0.39 is 120 Å². The molecule has 5 aliphatic rings. The number of aromatic hydroxyl groups is 1. The van der Waals surface area contributed by atoms with E-state index in [-0.39, 0.29) is 55.4 Å². The summed E-state index contributed by atoms with van der Waals surface area (Å²) in [6.07, 6.45) is -6.23. The zero-order valence-corrected chi connectivity index (χ0v) is 43.1. The largest absolute Gasteiger partial charge is 0.505 e. The number of amides is 1. The number of Topliss-reactive ketones (excluding diaryl/α,β-unsaturated/α-hetero) is 1. The third-order valence-electron chi connectivity index (χ3n) is 14.9. The Morgan fingerprint density at radius 2 is 1.56 bits per heavy atom. The van der Waals surface area contributed by atoms with Gasteiger partial charge in [0.1, 0.15) is 47.0 Å². The number of hydrogen-bond acceptors (Lipinski definition) is 19. The molecule has 400 valence electrons. The molecule has 2 fully saturated rings. The molecule has 7 rings (SSSR count). The molecule has 1 amide bonds. The number of aliphatic hydroxyl groups excluding tert-OH is 5. The Bertz CT molecular complexity index is 2720. The Morgan fingerprint density at radius 1 is 0.904 bits per heavy atom. The topological polar surface area (TPSA) is 305 Å². The number of nitrogens with one attached hydrogen (secondary N) is 1. The molecule has 5 aliphatic heterocycles. The fraction of sp³-hybridized carbons (Fsp3) is 0.615. The van der Waals surface area contributed by atoms with Crippen LogP contribution in [0.15, 0.2) is 46.1 Å². The van der Waals surface area contributed by atoms with Gasteiger partial charge in [-0.05, 0) is 25.8 Å². The molecule has 14 atom stereocenters. The molecule has 0 saturated carbocycles. The number of allylic oxidation sites excluding steroid dienone is 2. The minimum absolute atomic E-state index is 0.00737. The van der Waals surface area contributed by atoms with Crippen LogP contribution in [0.25, 0.3) is 10.8 Å². The number of likely N-dealkylation sites (tertiary alicyclic amines) is 1. The number of hydrogen-bond donors (Lipinski definition) is 8. The number of phenolic OH excluding ortho intramolecular Hbond substituents is 1. The van der Waals surface area contributed by atoms with Gasteiger partial charge < -0.3 is 74.4 Å². The molecule has 5 unspecified atom stereocenters. The lowest BCUT2D eigenvalue weighted by Crippen LogP contribution is -2.61. The maximum absolute atomic E-state index is 15.2. The van der Waals surface area contributed by atoms with Crippen LogP contribution in [0.2, 0.25) is 0 Å². The van der Waals surface area contributed by atoms with E-state index in [1.54, 1.807) is 39.8 Å². The molecule has 8 N–H and O–H groups in total. The lowest BCUT2D eigenvalue weighted by Gasteiger charge is -2.38. The van der Waals surface area contributed by atoms with Crippen molar-refractivity contribution in [2.24, 2.45) is 39.6 Å². The molecule has 5 heterocycles. The summed E-state index contributed by atoms with van der Waals surface area (Å²) in [7, 11) is 1.42. The van der Waals surface area contributed by atoms with Gasteiger partial charge in [0.25, 0.3) is 11.7 Å². The summed E-state index contributed by atoms with van der Waals surface area (Å²) in [6, 6.07) is 0. The second-order valence-corrected chi connectivity index (χ2v) is 20.8. The Labute approximate surface area is 422 Å². The molecule has 0 radical (unpaired) electrons. The Morgan fingerprint density at radius 3 is 2.18 bits per heavy atom. The summed E-state index contributed by atoms with van der Waals surface area (Å²) >= 11 is 0. The number of benzene rings is 2. The van der Waals surface area contributed by atoms with Crippen molar-refractivity contribution in [3.63, 3.8) is 0 Å². The minimum Gasteiger partial charge on any atom is -0.505 e. The molecule has 2 saturated heterocycles. The van der Waals surface area contributed by atoms with Crippen LogP contribution in [0, 0.1) is 36.5 Å². The van der Waals surface area contributed by atoms with E-state index in [2.05, 4.69) is 24.1 Å². The highest BCUT2D eigenvalue weighted by molar-refractivity contribution is 6.19. The van der Waals surface area contributed by atoms with Crippen molar-refractivity contribution in [1.29, 1.82) is 0 Å². The van der Waals surface area contributed by atoms with Gasteiger partial charge in [-0.1, -0.05) is 59.8 Å². The van der Waals surface area contributed by atoms with Crippen molar-refractivity contribution >= 4 is 40.1 Å². The molecule has 4 bridgehead atoms. The Hall–Kier alpha value is -5.52. The Kier molecular flexibility index (Phi) is 16.2. The van der Waals surface area contributed by atoms with E-state index >= 15 is 4.79 Å². The van der Waals surface area contributed by atoms with Gasteiger partial charge in [-0.2, -0.15) is 0 Å². The summed E-state index contributed by atoms with van der Waals surface area (Å²) in [5.41, 5.74) is -1.36. The quantitative estimate of drug-likeness (QED) is 0.146. The summed E-state index contributed by atoms with van der Waals surface area (Å²) < 4.78 is 36.1. The van der Waals surface area contributed by atoms with E-state index in [9.17, 15) is 50.1 Å². The molecule has 73 heavy (non-hydrogen) atoms. The van der Waals surface area contributed by atoms with Crippen molar-refractivity contribution < 1.29 is 83.3 Å². The lowest BCUT2D eigenvalue weighted by molar-refractivity contribution is -0.271. The average Bonchev–Trinajstić information content (AvgIpc) is 3.84. The summed E-state index contributed by atoms with van der Waals surface area (Å²) in [5, 5.41) is 81.1. The number of fused-ring (bicyclic) bond motifs is 1. The van der Waals surface area contributed by atoms with Gasteiger partial charge in [-0.15, -0.1) is 0 Å². The van der Waals surface area contributed by atoms with Gasteiger partial charge in [0.15, 0.2) is 17.5 Å². The number of anilines is 1. The lowest BCUT2D eigenvalue weighted by atomic mass is 9.78. The van der Waals surface area contributed by atoms with Crippen LogP contribution >= 0.6 is 0 Å². The number of aliphatic hydroxyl groups is 5. The smallest absolute Gasteiger partial charge is 0.335 e. The SMILES string of the molecule is CO[C@H]1/C=C/O[C@@]2(C)Oc3c(C)c(OC4OC(C(=O)O)C(O)C(O)C4O)c4c(O)c(c5c(c4c3C2=O)=NC2(CCN(CC(C)C)CC2)N=5)NC(=O)/C(C)=C\C=C\[C@H](C)[C@H](O)[C@@H](C)[C@@H](O)[C@@H](C)[C@H](OC(C)=O)[C@@H]1C. The van der Waals surface area contributed by atoms with Crippen LogP contribution in [-0.2, 0) is 33.3 Å². The number of ether oxygens (including phenoxy) is 6. The zero-order chi connectivity index (χ0) is 53.8. The molecule has 2 aromatic carbocycles. The van der Waals surface area contributed by atoms with E-state index in [1.807, 2.05) is 0 Å². The van der Waals surface area contributed by atoms with E-state index in [4.69, 9.17) is 38.4 Å². The first-order valence-corrected chi connectivity index (χ1v) is 24.7. The molecule has 21 nitrogen and oxygen atoms in total. The fourth-order valence-electron chi connectivity index (χ4n) is 10.6. The first kappa shape index (κ1) is 55.2. The van der Waals surface area contributed by atoms with E-state index in [1.165, 1.54) is 53.2 Å². The maximum Gasteiger partial charge on any atom is 0.335 e. The maximum atomic E-state index is 15.2. The summed E-state index contributed by atoms with van der Waals surface area (Å²) in [6.45, 7) is 18.6. The number of rotatable bonds is 7. The van der Waals surface area contributed by atoms with Gasteiger partial charge in [0, 0.05) is 93.6 Å². The molecule has 21 heteroatoms. The third kappa shape index (κ3) is 10.5. The molecule has 0 aliphatic carbocycles. The zero-order valence-electron chi connectivity index (χ0n) is 43.1. The molecule has 0 aromatic heterocycles. The predicted molar refractivity (Wildman–Crippen MR) is 261 cm³/mol. The first-order valence-electron chi connectivity index (χ1n) is 24.7. The number of carbonyl (C=O) groups excluding carboxylic acids is 3. The number of carbonyl (C=O) groups is 4. The van der Waals surface area contributed by atoms with Gasteiger partial charge >= 0.3 is 17.7 Å². The molecular formula is C52H70N4O17. The van der Waals surface area contributed by atoms with Gasteiger partial charge in [0.2, 0.25) is 6.29 Å². The second-order valence-electron chi connectivity index (χ2n) is 20.8. The second kappa shape index (κ2) is 21.4. The van der Waals surface area contributed by atoms with Crippen molar-refractivity contribution in [1.82, 2.24) is 4.90 Å². The van der Waals surface area contributed by atoms with Gasteiger partial charge in [-0.25, -0.2) is 4.79 Å². The number of nitrogens with zero attached hydrogens (tertiary/aromatic N) is 3.